The quantitative estimate of drug-likeness (QED) is 0.807. The van der Waals surface area contributed by atoms with E-state index in [2.05, 4.69) is 10.1 Å². The van der Waals surface area contributed by atoms with Gasteiger partial charge >= 0.3 is 0 Å². The highest BCUT2D eigenvalue weighted by molar-refractivity contribution is 6.30. The molecule has 6 heteroatoms. The summed E-state index contributed by atoms with van der Waals surface area (Å²) in [6.45, 7) is 3.97. The molecule has 0 spiro atoms. The van der Waals surface area contributed by atoms with E-state index < -0.39 is 0 Å². The van der Waals surface area contributed by atoms with Gasteiger partial charge in [0.2, 0.25) is 0 Å². The zero-order valence-corrected chi connectivity index (χ0v) is 13.4. The maximum Gasteiger partial charge on any atom is 0.275 e. The van der Waals surface area contributed by atoms with Gasteiger partial charge in [0.15, 0.2) is 5.65 Å². The molecule has 0 saturated heterocycles. The predicted molar refractivity (Wildman–Crippen MR) is 86.4 cm³/mol. The van der Waals surface area contributed by atoms with Crippen molar-refractivity contribution in [1.82, 2.24) is 14.6 Å². The fourth-order valence-electron chi connectivity index (χ4n) is 2.48. The molecule has 0 saturated carbocycles. The summed E-state index contributed by atoms with van der Waals surface area (Å²) in [7, 11) is 1.61. The van der Waals surface area contributed by atoms with Gasteiger partial charge in [-0.3, -0.25) is 9.89 Å². The second-order valence-electron chi connectivity index (χ2n) is 5.19. The molecule has 0 radical (unpaired) electrons. The number of fused-ring (bicyclic) bond motifs is 1. The minimum absolute atomic E-state index is 0.0972. The van der Waals surface area contributed by atoms with Gasteiger partial charge in [-0.2, -0.15) is 0 Å². The zero-order valence-electron chi connectivity index (χ0n) is 12.6. The number of methoxy groups -OCH3 is 1. The molecule has 0 aliphatic heterocycles. The third kappa shape index (κ3) is 2.32. The predicted octanol–water partition coefficient (Wildman–Crippen LogP) is 3.11. The highest BCUT2D eigenvalue weighted by Gasteiger charge is 2.17. The highest BCUT2D eigenvalue weighted by Crippen LogP contribution is 2.28. The van der Waals surface area contributed by atoms with Crippen LogP contribution in [0.2, 0.25) is 5.02 Å². The van der Waals surface area contributed by atoms with Crippen LogP contribution in [0.15, 0.2) is 29.1 Å². The van der Waals surface area contributed by atoms with Crippen LogP contribution in [0.4, 0.5) is 0 Å². The molecule has 0 amide bonds. The summed E-state index contributed by atoms with van der Waals surface area (Å²) in [5.41, 5.74) is 4.46. The molecular formula is C16H16ClN3O2. The molecule has 22 heavy (non-hydrogen) atoms. The van der Waals surface area contributed by atoms with Crippen molar-refractivity contribution in [2.45, 2.75) is 20.5 Å². The third-order valence-corrected chi connectivity index (χ3v) is 4.00. The number of benzene rings is 1. The van der Waals surface area contributed by atoms with Crippen LogP contribution in [0.3, 0.4) is 0 Å². The lowest BCUT2D eigenvalue weighted by Gasteiger charge is -2.04. The van der Waals surface area contributed by atoms with Crippen molar-refractivity contribution in [2.24, 2.45) is 0 Å². The van der Waals surface area contributed by atoms with Crippen LogP contribution in [0.1, 0.15) is 17.0 Å². The number of aromatic amines is 1. The molecule has 0 bridgehead atoms. The molecule has 1 aromatic carbocycles. The smallest absolute Gasteiger partial charge is 0.275 e. The first-order valence-corrected chi connectivity index (χ1v) is 7.26. The molecular weight excluding hydrogens is 302 g/mol. The Balaban J connectivity index is 2.37. The van der Waals surface area contributed by atoms with Crippen LogP contribution in [-0.2, 0) is 11.3 Å². The van der Waals surface area contributed by atoms with E-state index in [1.165, 1.54) is 4.52 Å². The third-order valence-electron chi connectivity index (χ3n) is 3.75. The van der Waals surface area contributed by atoms with Crippen LogP contribution < -0.4 is 5.56 Å². The number of H-pyrrole nitrogens is 1. The van der Waals surface area contributed by atoms with Crippen molar-refractivity contribution in [3.05, 3.63) is 56.6 Å². The molecule has 0 atom stereocenters. The number of nitrogens with zero attached hydrogens (tertiary/aromatic N) is 2. The molecule has 0 aliphatic rings. The number of halogens is 1. The number of hydrogen-bond donors (Lipinski definition) is 1. The first-order valence-electron chi connectivity index (χ1n) is 6.88. The Morgan fingerprint density at radius 3 is 2.59 bits per heavy atom. The summed E-state index contributed by atoms with van der Waals surface area (Å²) in [5, 5.41) is 3.76. The standard InChI is InChI=1S/C16H16ClN3O2/c1-9-10(2)18-15-14(11-4-6-12(17)7-5-11)13(8-22-3)19-20(15)16(9)21/h4-7,19H,8H2,1-3H3. The Labute approximate surface area is 132 Å². The van der Waals surface area contributed by atoms with Gasteiger partial charge in [0.25, 0.3) is 5.56 Å². The molecule has 5 nitrogen and oxygen atoms in total. The van der Waals surface area contributed by atoms with Crippen molar-refractivity contribution in [1.29, 1.82) is 0 Å². The molecule has 2 heterocycles. The molecule has 114 valence electrons. The number of rotatable bonds is 3. The molecule has 0 aliphatic carbocycles. The maximum atomic E-state index is 12.4. The van der Waals surface area contributed by atoms with Gasteiger partial charge in [-0.25, -0.2) is 9.50 Å². The van der Waals surface area contributed by atoms with Crippen molar-refractivity contribution >= 4 is 17.2 Å². The topological polar surface area (TPSA) is 59.4 Å². The number of aromatic nitrogens is 3. The van der Waals surface area contributed by atoms with E-state index in [1.54, 1.807) is 14.0 Å². The van der Waals surface area contributed by atoms with Crippen LogP contribution in [0.25, 0.3) is 16.8 Å². The molecule has 1 N–H and O–H groups in total. The first-order chi connectivity index (χ1) is 10.5. The van der Waals surface area contributed by atoms with E-state index in [4.69, 9.17) is 16.3 Å². The van der Waals surface area contributed by atoms with Gasteiger partial charge in [0, 0.05) is 29.0 Å². The van der Waals surface area contributed by atoms with Crippen molar-refractivity contribution < 1.29 is 4.74 Å². The fourth-order valence-corrected chi connectivity index (χ4v) is 2.60. The monoisotopic (exact) mass is 317 g/mol. The lowest BCUT2D eigenvalue weighted by molar-refractivity contribution is 0.181. The van der Waals surface area contributed by atoms with E-state index >= 15 is 0 Å². The number of ether oxygens (including phenoxy) is 1. The van der Waals surface area contributed by atoms with Crippen molar-refractivity contribution in [3.63, 3.8) is 0 Å². The van der Waals surface area contributed by atoms with Gasteiger partial charge in [-0.15, -0.1) is 0 Å². The van der Waals surface area contributed by atoms with Crippen molar-refractivity contribution in [2.75, 3.05) is 7.11 Å². The van der Waals surface area contributed by atoms with Gasteiger partial charge in [0.05, 0.1) is 12.3 Å². The molecule has 0 fully saturated rings. The maximum absolute atomic E-state index is 12.4. The van der Waals surface area contributed by atoms with E-state index in [0.717, 1.165) is 22.5 Å². The summed E-state index contributed by atoms with van der Waals surface area (Å²) < 4.78 is 6.72. The molecule has 3 aromatic rings. The van der Waals surface area contributed by atoms with Gasteiger partial charge < -0.3 is 4.74 Å². The summed E-state index contributed by atoms with van der Waals surface area (Å²) in [5.74, 6) is 0. The van der Waals surface area contributed by atoms with Gasteiger partial charge in [-0.05, 0) is 31.5 Å². The average molecular weight is 318 g/mol. The normalized spacial score (nSPS) is 11.3. The van der Waals surface area contributed by atoms with Crippen LogP contribution in [-0.4, -0.2) is 21.7 Å². The average Bonchev–Trinajstić information content (AvgIpc) is 2.85. The molecule has 0 unspecified atom stereocenters. The minimum Gasteiger partial charge on any atom is -0.378 e. The lowest BCUT2D eigenvalue weighted by Crippen LogP contribution is -2.19. The van der Waals surface area contributed by atoms with Crippen LogP contribution in [0.5, 0.6) is 0 Å². The van der Waals surface area contributed by atoms with Gasteiger partial charge in [0.1, 0.15) is 0 Å². The van der Waals surface area contributed by atoms with E-state index in [-0.39, 0.29) is 5.56 Å². The zero-order chi connectivity index (χ0) is 15.9. The highest BCUT2D eigenvalue weighted by atomic mass is 35.5. The lowest BCUT2D eigenvalue weighted by atomic mass is 10.1. The fraction of sp³-hybridized carbons (Fsp3) is 0.250. The van der Waals surface area contributed by atoms with Crippen molar-refractivity contribution in [3.8, 4) is 11.1 Å². The second-order valence-corrected chi connectivity index (χ2v) is 5.63. The van der Waals surface area contributed by atoms with E-state index in [1.807, 2.05) is 31.2 Å². The Kier molecular flexibility index (Phi) is 3.76. The summed E-state index contributed by atoms with van der Waals surface area (Å²) in [6.07, 6.45) is 0. The number of hydrogen-bond acceptors (Lipinski definition) is 3. The van der Waals surface area contributed by atoms with Crippen LogP contribution >= 0.6 is 11.6 Å². The molecule has 3 rings (SSSR count). The Morgan fingerprint density at radius 1 is 1.27 bits per heavy atom. The first kappa shape index (κ1) is 14.8. The SMILES string of the molecule is COCc1[nH]n2c(=O)c(C)c(C)nc2c1-c1ccc(Cl)cc1. The largest absolute Gasteiger partial charge is 0.378 e. The van der Waals surface area contributed by atoms with Crippen LogP contribution in [0, 0.1) is 13.8 Å². The molecule has 2 aromatic heterocycles. The van der Waals surface area contributed by atoms with Gasteiger partial charge in [-0.1, -0.05) is 23.7 Å². The summed E-state index contributed by atoms with van der Waals surface area (Å²) in [6, 6.07) is 7.45. The minimum atomic E-state index is -0.0972. The number of aryl methyl sites for hydroxylation is 1. The Bertz CT molecular complexity index is 894. The summed E-state index contributed by atoms with van der Waals surface area (Å²) in [4.78, 5) is 17.0. The Hall–Kier alpha value is -2.11. The van der Waals surface area contributed by atoms with E-state index in [0.29, 0.717) is 22.8 Å². The number of nitrogens with one attached hydrogen (secondary N) is 1. The van der Waals surface area contributed by atoms with E-state index in [9.17, 15) is 4.79 Å². The summed E-state index contributed by atoms with van der Waals surface area (Å²) >= 11 is 5.96. The second kappa shape index (κ2) is 5.59. The Morgan fingerprint density at radius 2 is 1.95 bits per heavy atom.